The molecule has 3 aromatic rings. The van der Waals surface area contributed by atoms with Gasteiger partial charge in [0.25, 0.3) is 0 Å². The van der Waals surface area contributed by atoms with Crippen molar-refractivity contribution in [2.24, 2.45) is 0 Å². The Balaban J connectivity index is 2.17. The van der Waals surface area contributed by atoms with Crippen molar-refractivity contribution in [3.8, 4) is 0 Å². The molecule has 0 aliphatic rings. The second-order valence-corrected chi connectivity index (χ2v) is 7.26. The zero-order valence-corrected chi connectivity index (χ0v) is 16.2. The number of halogens is 1. The van der Waals surface area contributed by atoms with E-state index in [-0.39, 0.29) is 0 Å². The molecule has 0 bridgehead atoms. The number of anilines is 3. The van der Waals surface area contributed by atoms with E-state index in [0.29, 0.717) is 0 Å². The van der Waals surface area contributed by atoms with Crippen LogP contribution in [0.25, 0.3) is 0 Å². The first-order valence-electron chi connectivity index (χ1n) is 8.16. The van der Waals surface area contributed by atoms with Gasteiger partial charge in [-0.25, -0.2) is 0 Å². The normalized spacial score (nSPS) is 10.7. The fourth-order valence-corrected chi connectivity index (χ4v) is 3.03. The summed E-state index contributed by atoms with van der Waals surface area (Å²) in [6.07, 6.45) is 0. The Morgan fingerprint density at radius 1 is 0.542 bits per heavy atom. The zero-order valence-electron chi connectivity index (χ0n) is 14.6. The summed E-state index contributed by atoms with van der Waals surface area (Å²) in [7, 11) is 0. The molecule has 0 fully saturated rings. The van der Waals surface area contributed by atoms with Gasteiger partial charge in [-0.05, 0) is 98.5 Å². The molecule has 0 saturated heterocycles. The van der Waals surface area contributed by atoms with Crippen molar-refractivity contribution in [3.05, 3.63) is 87.4 Å². The highest BCUT2D eigenvalue weighted by Crippen LogP contribution is 2.36. The van der Waals surface area contributed by atoms with Gasteiger partial charge in [-0.1, -0.05) is 28.1 Å². The maximum absolute atomic E-state index is 3.53. The molecule has 122 valence electrons. The van der Waals surface area contributed by atoms with Crippen molar-refractivity contribution < 1.29 is 0 Å². The summed E-state index contributed by atoms with van der Waals surface area (Å²) in [5.41, 5.74) is 8.76. The number of rotatable bonds is 3. The van der Waals surface area contributed by atoms with E-state index in [4.69, 9.17) is 0 Å². The molecule has 0 aromatic heterocycles. The molecule has 0 heterocycles. The zero-order chi connectivity index (χ0) is 17.3. The molecule has 24 heavy (non-hydrogen) atoms. The molecule has 0 aliphatic heterocycles. The molecule has 0 atom stereocenters. The minimum absolute atomic E-state index is 1.09. The summed E-state index contributed by atoms with van der Waals surface area (Å²) in [6, 6.07) is 21.8. The van der Waals surface area contributed by atoms with E-state index in [1.807, 2.05) is 0 Å². The van der Waals surface area contributed by atoms with Gasteiger partial charge in [0.2, 0.25) is 0 Å². The molecular weight excluding hydrogens is 358 g/mol. The van der Waals surface area contributed by atoms with Crippen molar-refractivity contribution in [1.29, 1.82) is 0 Å². The lowest BCUT2D eigenvalue weighted by Crippen LogP contribution is -2.10. The van der Waals surface area contributed by atoms with Gasteiger partial charge < -0.3 is 4.90 Å². The number of benzene rings is 3. The van der Waals surface area contributed by atoms with E-state index < -0.39 is 0 Å². The topological polar surface area (TPSA) is 3.24 Å². The SMILES string of the molecule is Cc1ccc(N(c2ccc(Br)cc2)c2ccc(C)c(C)c2)cc1C. The smallest absolute Gasteiger partial charge is 0.0464 e. The van der Waals surface area contributed by atoms with Crippen molar-refractivity contribution >= 4 is 33.0 Å². The van der Waals surface area contributed by atoms with Gasteiger partial charge in [-0.2, -0.15) is 0 Å². The minimum atomic E-state index is 1.09. The summed E-state index contributed by atoms with van der Waals surface area (Å²) in [4.78, 5) is 2.31. The molecule has 3 rings (SSSR count). The maximum Gasteiger partial charge on any atom is 0.0464 e. The van der Waals surface area contributed by atoms with Crippen LogP contribution in [-0.4, -0.2) is 0 Å². The molecule has 0 unspecified atom stereocenters. The predicted octanol–water partition coefficient (Wildman–Crippen LogP) is 7.15. The molecule has 0 N–H and O–H groups in total. The standard InChI is InChI=1S/C22H22BrN/c1-15-5-9-21(13-17(15)3)24(20-11-7-19(23)8-12-20)22-10-6-16(2)18(4)14-22/h5-14H,1-4H3. The maximum atomic E-state index is 3.53. The minimum Gasteiger partial charge on any atom is -0.310 e. The lowest BCUT2D eigenvalue weighted by Gasteiger charge is -2.27. The van der Waals surface area contributed by atoms with Crippen LogP contribution in [-0.2, 0) is 0 Å². The van der Waals surface area contributed by atoms with Crippen LogP contribution in [0.15, 0.2) is 65.1 Å². The third kappa shape index (κ3) is 3.39. The van der Waals surface area contributed by atoms with Crippen molar-refractivity contribution in [3.63, 3.8) is 0 Å². The molecular formula is C22H22BrN. The van der Waals surface area contributed by atoms with Gasteiger partial charge in [0, 0.05) is 21.5 Å². The molecule has 0 spiro atoms. The molecule has 0 amide bonds. The van der Waals surface area contributed by atoms with Crippen LogP contribution < -0.4 is 4.90 Å². The van der Waals surface area contributed by atoms with Gasteiger partial charge in [0.15, 0.2) is 0 Å². The van der Waals surface area contributed by atoms with Crippen LogP contribution in [0.1, 0.15) is 22.3 Å². The Kier molecular flexibility index (Phi) is 4.77. The van der Waals surface area contributed by atoms with Gasteiger partial charge in [-0.3, -0.25) is 0 Å². The van der Waals surface area contributed by atoms with E-state index in [0.717, 1.165) is 10.2 Å². The van der Waals surface area contributed by atoms with Crippen LogP contribution in [0.3, 0.4) is 0 Å². The number of hydrogen-bond acceptors (Lipinski definition) is 1. The average Bonchev–Trinajstić information content (AvgIpc) is 2.56. The highest BCUT2D eigenvalue weighted by atomic mass is 79.9. The first kappa shape index (κ1) is 16.8. The Labute approximate surface area is 153 Å². The summed E-state index contributed by atoms with van der Waals surface area (Å²) >= 11 is 3.53. The lowest BCUT2D eigenvalue weighted by atomic mass is 10.1. The highest BCUT2D eigenvalue weighted by Gasteiger charge is 2.13. The summed E-state index contributed by atoms with van der Waals surface area (Å²) < 4.78 is 1.09. The summed E-state index contributed by atoms with van der Waals surface area (Å²) in [5.74, 6) is 0. The monoisotopic (exact) mass is 379 g/mol. The van der Waals surface area contributed by atoms with Crippen molar-refractivity contribution in [1.82, 2.24) is 0 Å². The molecule has 2 heteroatoms. The van der Waals surface area contributed by atoms with E-state index in [9.17, 15) is 0 Å². The fraction of sp³-hybridized carbons (Fsp3) is 0.182. The Morgan fingerprint density at radius 3 is 1.38 bits per heavy atom. The van der Waals surface area contributed by atoms with Crippen molar-refractivity contribution in [2.75, 3.05) is 4.90 Å². The Hall–Kier alpha value is -2.06. The number of hydrogen-bond donors (Lipinski definition) is 0. The van der Waals surface area contributed by atoms with Crippen LogP contribution in [0.5, 0.6) is 0 Å². The fourth-order valence-electron chi connectivity index (χ4n) is 2.77. The van der Waals surface area contributed by atoms with E-state index in [1.54, 1.807) is 0 Å². The predicted molar refractivity (Wildman–Crippen MR) is 108 cm³/mol. The van der Waals surface area contributed by atoms with Gasteiger partial charge in [-0.15, -0.1) is 0 Å². The quantitative estimate of drug-likeness (QED) is 0.466. The first-order chi connectivity index (χ1) is 11.5. The molecule has 0 radical (unpaired) electrons. The van der Waals surface area contributed by atoms with Gasteiger partial charge in [0.05, 0.1) is 0 Å². The second kappa shape index (κ2) is 6.82. The van der Waals surface area contributed by atoms with Crippen LogP contribution in [0.2, 0.25) is 0 Å². The molecule has 1 nitrogen and oxygen atoms in total. The third-order valence-electron chi connectivity index (χ3n) is 4.58. The number of nitrogens with zero attached hydrogens (tertiary/aromatic N) is 1. The van der Waals surface area contributed by atoms with Crippen molar-refractivity contribution in [2.45, 2.75) is 27.7 Å². The third-order valence-corrected chi connectivity index (χ3v) is 5.11. The van der Waals surface area contributed by atoms with Crippen LogP contribution >= 0.6 is 15.9 Å². The van der Waals surface area contributed by atoms with Crippen LogP contribution in [0, 0.1) is 27.7 Å². The molecule has 0 aliphatic carbocycles. The molecule has 0 saturated carbocycles. The summed E-state index contributed by atoms with van der Waals surface area (Å²) in [5, 5.41) is 0. The average molecular weight is 380 g/mol. The van der Waals surface area contributed by atoms with Crippen LogP contribution in [0.4, 0.5) is 17.1 Å². The van der Waals surface area contributed by atoms with E-state index >= 15 is 0 Å². The largest absolute Gasteiger partial charge is 0.310 e. The Bertz CT molecular complexity index is 814. The Morgan fingerprint density at radius 2 is 0.958 bits per heavy atom. The van der Waals surface area contributed by atoms with E-state index in [1.165, 1.54) is 33.6 Å². The van der Waals surface area contributed by atoms with E-state index in [2.05, 4.69) is 109 Å². The number of aryl methyl sites for hydroxylation is 4. The highest BCUT2D eigenvalue weighted by molar-refractivity contribution is 9.10. The van der Waals surface area contributed by atoms with Gasteiger partial charge in [0.1, 0.15) is 0 Å². The first-order valence-corrected chi connectivity index (χ1v) is 8.95. The summed E-state index contributed by atoms with van der Waals surface area (Å²) in [6.45, 7) is 8.64. The lowest BCUT2D eigenvalue weighted by molar-refractivity contribution is 1.23. The van der Waals surface area contributed by atoms with Gasteiger partial charge >= 0.3 is 0 Å². The second-order valence-electron chi connectivity index (χ2n) is 6.35. The molecule has 3 aromatic carbocycles.